The minimum Gasteiger partial charge on any atom is -0.478 e. The maximum Gasteiger partial charge on any atom is 0.328 e. The highest BCUT2D eigenvalue weighted by molar-refractivity contribution is 7.13. The highest BCUT2D eigenvalue weighted by Gasteiger charge is 2.09. The third-order valence-corrected chi connectivity index (χ3v) is 2.97. The molecule has 1 aromatic heterocycles. The molecule has 0 aliphatic heterocycles. The molecule has 0 bridgehead atoms. The smallest absolute Gasteiger partial charge is 0.328 e. The van der Waals surface area contributed by atoms with E-state index >= 15 is 0 Å². The van der Waals surface area contributed by atoms with Crippen LogP contribution in [0.15, 0.2) is 29.8 Å². The minimum absolute atomic E-state index is 0.310. The summed E-state index contributed by atoms with van der Waals surface area (Å²) in [6, 6.07) is 5.12. The van der Waals surface area contributed by atoms with Gasteiger partial charge < -0.3 is 5.11 Å². The maximum absolute atomic E-state index is 12.0. The van der Waals surface area contributed by atoms with Gasteiger partial charge in [-0.1, -0.05) is 17.4 Å². The molecule has 102 valence electrons. The molecule has 0 saturated heterocycles. The van der Waals surface area contributed by atoms with E-state index in [0.717, 1.165) is 11.6 Å². The van der Waals surface area contributed by atoms with Crippen LogP contribution in [-0.4, -0.2) is 27.2 Å². The van der Waals surface area contributed by atoms with Gasteiger partial charge in [0.25, 0.3) is 5.91 Å². The summed E-state index contributed by atoms with van der Waals surface area (Å²) in [4.78, 5) is 22.6. The first-order valence-electron chi connectivity index (χ1n) is 5.65. The van der Waals surface area contributed by atoms with Gasteiger partial charge in [0.15, 0.2) is 0 Å². The fraction of sp³-hybridized carbons (Fsp3) is 0.0769. The first-order valence-corrected chi connectivity index (χ1v) is 6.53. The average Bonchev–Trinajstić information content (AvgIpc) is 2.88. The number of nitrogens with zero attached hydrogens (tertiary/aromatic N) is 2. The van der Waals surface area contributed by atoms with Crippen LogP contribution in [0.3, 0.4) is 0 Å². The molecule has 0 atom stereocenters. The zero-order chi connectivity index (χ0) is 14.5. The van der Waals surface area contributed by atoms with Crippen molar-refractivity contribution in [1.82, 2.24) is 10.2 Å². The van der Waals surface area contributed by atoms with E-state index in [1.54, 1.807) is 18.2 Å². The number of hydrogen-bond donors (Lipinski definition) is 2. The number of carbonyl (C=O) groups is 2. The molecule has 0 aliphatic rings. The number of aromatic nitrogens is 2. The molecule has 2 rings (SSSR count). The van der Waals surface area contributed by atoms with Crippen molar-refractivity contribution in [2.45, 2.75) is 6.92 Å². The molecule has 2 aromatic rings. The lowest BCUT2D eigenvalue weighted by molar-refractivity contribution is -0.131. The van der Waals surface area contributed by atoms with Crippen LogP contribution in [0, 0.1) is 6.92 Å². The SMILES string of the molecule is Cc1cc(/C=C/C(=O)O)cc(C(=O)Nc2nncs2)c1. The largest absolute Gasteiger partial charge is 0.478 e. The second-order valence-electron chi connectivity index (χ2n) is 4.00. The summed E-state index contributed by atoms with van der Waals surface area (Å²) >= 11 is 1.22. The van der Waals surface area contributed by atoms with E-state index in [1.165, 1.54) is 22.9 Å². The topological polar surface area (TPSA) is 92.2 Å². The Morgan fingerprint density at radius 3 is 2.80 bits per heavy atom. The standard InChI is InChI=1S/C13H11N3O3S/c1-8-4-9(2-3-11(17)18)6-10(5-8)12(19)15-13-16-14-7-20-13/h2-7H,1H3,(H,17,18)(H,15,16,19)/b3-2+. The Morgan fingerprint density at radius 1 is 1.35 bits per heavy atom. The van der Waals surface area contributed by atoms with Crippen molar-refractivity contribution in [2.24, 2.45) is 0 Å². The van der Waals surface area contributed by atoms with Gasteiger partial charge in [0.1, 0.15) is 5.51 Å². The minimum atomic E-state index is -1.04. The van der Waals surface area contributed by atoms with Crippen molar-refractivity contribution < 1.29 is 14.7 Å². The van der Waals surface area contributed by atoms with E-state index in [9.17, 15) is 9.59 Å². The summed E-state index contributed by atoms with van der Waals surface area (Å²) in [6.07, 6.45) is 2.47. The summed E-state index contributed by atoms with van der Waals surface area (Å²) < 4.78 is 0. The number of aliphatic carboxylic acids is 1. The number of aryl methyl sites for hydroxylation is 1. The van der Waals surface area contributed by atoms with Gasteiger partial charge in [0.05, 0.1) is 0 Å². The predicted octanol–water partition coefficient (Wildman–Crippen LogP) is 2.20. The monoisotopic (exact) mass is 289 g/mol. The van der Waals surface area contributed by atoms with Crippen LogP contribution in [0.4, 0.5) is 5.13 Å². The molecule has 0 aliphatic carbocycles. The summed E-state index contributed by atoms with van der Waals surface area (Å²) in [5.74, 6) is -1.35. The van der Waals surface area contributed by atoms with Crippen LogP contribution < -0.4 is 5.32 Å². The molecule has 0 spiro atoms. The zero-order valence-corrected chi connectivity index (χ0v) is 11.3. The van der Waals surface area contributed by atoms with Crippen LogP contribution in [0.5, 0.6) is 0 Å². The van der Waals surface area contributed by atoms with Gasteiger partial charge in [-0.3, -0.25) is 10.1 Å². The zero-order valence-electron chi connectivity index (χ0n) is 10.5. The normalized spacial score (nSPS) is 10.7. The van der Waals surface area contributed by atoms with Gasteiger partial charge >= 0.3 is 5.97 Å². The fourth-order valence-corrected chi connectivity index (χ4v) is 2.04. The summed E-state index contributed by atoms with van der Waals surface area (Å²) in [6.45, 7) is 1.83. The molecular weight excluding hydrogens is 278 g/mol. The van der Waals surface area contributed by atoms with Crippen molar-refractivity contribution in [1.29, 1.82) is 0 Å². The van der Waals surface area contributed by atoms with Crippen molar-refractivity contribution in [3.05, 3.63) is 46.5 Å². The number of hydrogen-bond acceptors (Lipinski definition) is 5. The highest BCUT2D eigenvalue weighted by Crippen LogP contribution is 2.15. The summed E-state index contributed by atoms with van der Waals surface area (Å²) in [7, 11) is 0. The van der Waals surface area contributed by atoms with E-state index in [-0.39, 0.29) is 5.91 Å². The molecule has 1 heterocycles. The Balaban J connectivity index is 2.23. The molecule has 0 unspecified atom stereocenters. The number of carboxylic acids is 1. The molecular formula is C13H11N3O3S. The first-order chi connectivity index (χ1) is 9.54. The van der Waals surface area contributed by atoms with Crippen molar-refractivity contribution >= 4 is 34.4 Å². The van der Waals surface area contributed by atoms with Gasteiger partial charge in [-0.05, 0) is 36.3 Å². The molecule has 1 aromatic carbocycles. The average molecular weight is 289 g/mol. The number of amides is 1. The third-order valence-electron chi connectivity index (χ3n) is 2.36. The van der Waals surface area contributed by atoms with E-state index < -0.39 is 5.97 Å². The Kier molecular flexibility index (Phi) is 4.21. The molecule has 7 heteroatoms. The molecule has 1 amide bonds. The van der Waals surface area contributed by atoms with Crippen molar-refractivity contribution in [2.75, 3.05) is 5.32 Å². The fourth-order valence-electron chi connectivity index (χ4n) is 1.60. The van der Waals surface area contributed by atoms with Crippen molar-refractivity contribution in [3.63, 3.8) is 0 Å². The first kappa shape index (κ1) is 13.9. The Labute approximate surface area is 118 Å². The van der Waals surface area contributed by atoms with Crippen LogP contribution >= 0.6 is 11.3 Å². The van der Waals surface area contributed by atoms with Crippen molar-refractivity contribution in [3.8, 4) is 0 Å². The highest BCUT2D eigenvalue weighted by atomic mass is 32.1. The van der Waals surface area contributed by atoms with Gasteiger partial charge in [-0.25, -0.2) is 4.79 Å². The lowest BCUT2D eigenvalue weighted by Gasteiger charge is -2.04. The Bertz CT molecular complexity index is 666. The summed E-state index contributed by atoms with van der Waals surface area (Å²) in [5.41, 5.74) is 3.47. The van der Waals surface area contributed by atoms with E-state index in [4.69, 9.17) is 5.11 Å². The number of benzene rings is 1. The molecule has 0 radical (unpaired) electrons. The molecule has 2 N–H and O–H groups in total. The Morgan fingerprint density at radius 2 is 2.15 bits per heavy atom. The van der Waals surface area contributed by atoms with Crippen LogP contribution in [-0.2, 0) is 4.79 Å². The van der Waals surface area contributed by atoms with Crippen LogP contribution in [0.1, 0.15) is 21.5 Å². The molecule has 0 fully saturated rings. The quantitative estimate of drug-likeness (QED) is 0.842. The maximum atomic E-state index is 12.0. The number of rotatable bonds is 4. The predicted molar refractivity (Wildman–Crippen MR) is 75.7 cm³/mol. The van der Waals surface area contributed by atoms with E-state index in [2.05, 4.69) is 15.5 Å². The third kappa shape index (κ3) is 3.72. The molecule has 6 nitrogen and oxygen atoms in total. The lowest BCUT2D eigenvalue weighted by atomic mass is 10.1. The summed E-state index contributed by atoms with van der Waals surface area (Å²) in [5, 5.41) is 19.0. The lowest BCUT2D eigenvalue weighted by Crippen LogP contribution is -2.12. The second-order valence-corrected chi connectivity index (χ2v) is 4.84. The second kappa shape index (κ2) is 6.07. The van der Waals surface area contributed by atoms with E-state index in [1.807, 2.05) is 6.92 Å². The van der Waals surface area contributed by atoms with Crippen LogP contribution in [0.25, 0.3) is 6.08 Å². The van der Waals surface area contributed by atoms with Gasteiger partial charge in [-0.2, -0.15) is 0 Å². The Hall–Kier alpha value is -2.54. The van der Waals surface area contributed by atoms with Gasteiger partial charge in [0, 0.05) is 11.6 Å². The number of carbonyl (C=O) groups excluding carboxylic acids is 1. The molecule has 0 saturated carbocycles. The van der Waals surface area contributed by atoms with E-state index in [0.29, 0.717) is 16.3 Å². The number of carboxylic acid groups (broad SMARTS) is 1. The number of nitrogens with one attached hydrogen (secondary N) is 1. The van der Waals surface area contributed by atoms with Gasteiger partial charge in [-0.15, -0.1) is 10.2 Å². The number of anilines is 1. The van der Waals surface area contributed by atoms with Crippen LogP contribution in [0.2, 0.25) is 0 Å². The molecule has 20 heavy (non-hydrogen) atoms. The van der Waals surface area contributed by atoms with Gasteiger partial charge in [0.2, 0.25) is 5.13 Å².